The zero-order chi connectivity index (χ0) is 15.4. The van der Waals surface area contributed by atoms with Crippen LogP contribution in [0.15, 0.2) is 24.3 Å². The van der Waals surface area contributed by atoms with Gasteiger partial charge in [-0.2, -0.15) is 0 Å². The van der Waals surface area contributed by atoms with Crippen molar-refractivity contribution in [1.82, 2.24) is 9.97 Å². The molecule has 0 aliphatic rings. The molecule has 0 aliphatic heterocycles. The summed E-state index contributed by atoms with van der Waals surface area (Å²) in [5, 5.41) is 0. The first-order valence-electron chi connectivity index (χ1n) is 7.02. The molecule has 2 aromatic rings. The van der Waals surface area contributed by atoms with Crippen molar-refractivity contribution >= 4 is 5.82 Å². The summed E-state index contributed by atoms with van der Waals surface area (Å²) >= 11 is 0. The van der Waals surface area contributed by atoms with Crippen LogP contribution in [0.5, 0.6) is 5.75 Å². The second-order valence-electron chi connectivity index (χ2n) is 5.31. The molecular formula is C16H22N4O. The second kappa shape index (κ2) is 6.54. The molecule has 0 aliphatic carbocycles. The third-order valence-corrected chi connectivity index (χ3v) is 3.39. The highest BCUT2D eigenvalue weighted by atomic mass is 16.5. The molecule has 21 heavy (non-hydrogen) atoms. The number of methoxy groups -OCH3 is 1. The minimum absolute atomic E-state index is 0.321. The van der Waals surface area contributed by atoms with Crippen LogP contribution in [0.25, 0.3) is 0 Å². The summed E-state index contributed by atoms with van der Waals surface area (Å²) in [4.78, 5) is 9.14. The predicted molar refractivity (Wildman–Crippen MR) is 84.5 cm³/mol. The number of hydrogen-bond donors (Lipinski definition) is 2. The van der Waals surface area contributed by atoms with Gasteiger partial charge in [-0.05, 0) is 30.5 Å². The van der Waals surface area contributed by atoms with Gasteiger partial charge >= 0.3 is 0 Å². The average Bonchev–Trinajstić information content (AvgIpc) is 2.46. The third-order valence-electron chi connectivity index (χ3n) is 3.39. The molecule has 3 N–H and O–H groups in total. The van der Waals surface area contributed by atoms with Gasteiger partial charge in [-0.15, -0.1) is 0 Å². The average molecular weight is 286 g/mol. The van der Waals surface area contributed by atoms with E-state index in [0.29, 0.717) is 18.2 Å². The fourth-order valence-corrected chi connectivity index (χ4v) is 2.48. The topological polar surface area (TPSA) is 73.1 Å². The molecule has 0 saturated carbocycles. The standard InChI is InChI=1S/C16H22N4O/c1-10(2)15-11(3)18-14(19-16(15)20-17)9-12-6-5-7-13(8-12)21-4/h5-8,10H,9,17H2,1-4H3,(H,18,19,20). The van der Waals surface area contributed by atoms with Crippen molar-refractivity contribution in [3.63, 3.8) is 0 Å². The molecule has 2 rings (SSSR count). The summed E-state index contributed by atoms with van der Waals surface area (Å²) in [6.07, 6.45) is 0.644. The molecule has 0 radical (unpaired) electrons. The van der Waals surface area contributed by atoms with E-state index in [0.717, 1.165) is 28.4 Å². The Morgan fingerprint density at radius 1 is 1.29 bits per heavy atom. The van der Waals surface area contributed by atoms with E-state index < -0.39 is 0 Å². The first-order chi connectivity index (χ1) is 10.0. The van der Waals surface area contributed by atoms with Crippen LogP contribution < -0.4 is 16.0 Å². The molecule has 0 fully saturated rings. The van der Waals surface area contributed by atoms with E-state index in [1.165, 1.54) is 0 Å². The smallest absolute Gasteiger partial charge is 0.147 e. The predicted octanol–water partition coefficient (Wildman–Crippen LogP) is 2.79. The molecular weight excluding hydrogens is 264 g/mol. The Bertz CT molecular complexity index is 626. The van der Waals surface area contributed by atoms with Gasteiger partial charge in [0, 0.05) is 17.7 Å². The van der Waals surface area contributed by atoms with Crippen molar-refractivity contribution in [2.75, 3.05) is 12.5 Å². The number of aromatic nitrogens is 2. The van der Waals surface area contributed by atoms with Crippen LogP contribution in [0.3, 0.4) is 0 Å². The van der Waals surface area contributed by atoms with E-state index in [-0.39, 0.29) is 0 Å². The number of nitrogen functional groups attached to an aromatic ring is 1. The zero-order valence-electron chi connectivity index (χ0n) is 13.0. The number of rotatable bonds is 5. The highest BCUT2D eigenvalue weighted by Gasteiger charge is 2.14. The third kappa shape index (κ3) is 3.49. The highest BCUT2D eigenvalue weighted by Crippen LogP contribution is 2.25. The molecule has 1 heterocycles. The number of benzene rings is 1. The first kappa shape index (κ1) is 15.3. The zero-order valence-corrected chi connectivity index (χ0v) is 13.0. The summed E-state index contributed by atoms with van der Waals surface area (Å²) in [6.45, 7) is 6.20. The molecule has 0 unspecified atom stereocenters. The summed E-state index contributed by atoms with van der Waals surface area (Å²) in [5.41, 5.74) is 5.82. The Balaban J connectivity index is 2.34. The van der Waals surface area contributed by atoms with E-state index in [1.54, 1.807) is 7.11 Å². The number of anilines is 1. The quantitative estimate of drug-likeness (QED) is 0.653. The van der Waals surface area contributed by atoms with Crippen LogP contribution in [0.2, 0.25) is 0 Å². The molecule has 5 heteroatoms. The number of nitrogens with one attached hydrogen (secondary N) is 1. The Labute approximate surface area is 125 Å². The van der Waals surface area contributed by atoms with E-state index in [4.69, 9.17) is 10.6 Å². The van der Waals surface area contributed by atoms with Crippen molar-refractivity contribution in [3.05, 3.63) is 46.9 Å². The maximum Gasteiger partial charge on any atom is 0.147 e. The van der Waals surface area contributed by atoms with Gasteiger partial charge in [-0.1, -0.05) is 26.0 Å². The Kier molecular flexibility index (Phi) is 4.75. The molecule has 0 bridgehead atoms. The number of nitrogens with two attached hydrogens (primary N) is 1. The highest BCUT2D eigenvalue weighted by molar-refractivity contribution is 5.47. The Hall–Kier alpha value is -2.14. The van der Waals surface area contributed by atoms with Crippen LogP contribution in [0, 0.1) is 6.92 Å². The lowest BCUT2D eigenvalue weighted by Crippen LogP contribution is -2.15. The van der Waals surface area contributed by atoms with E-state index >= 15 is 0 Å². The molecule has 0 spiro atoms. The molecule has 0 amide bonds. The van der Waals surface area contributed by atoms with Crippen molar-refractivity contribution in [2.45, 2.75) is 33.1 Å². The molecule has 0 saturated heterocycles. The first-order valence-corrected chi connectivity index (χ1v) is 7.02. The summed E-state index contributed by atoms with van der Waals surface area (Å²) in [5.74, 6) is 8.21. The molecule has 112 valence electrons. The van der Waals surface area contributed by atoms with E-state index in [9.17, 15) is 0 Å². The van der Waals surface area contributed by atoms with Crippen LogP contribution in [0.4, 0.5) is 5.82 Å². The Morgan fingerprint density at radius 2 is 2.05 bits per heavy atom. The van der Waals surface area contributed by atoms with Crippen molar-refractivity contribution in [1.29, 1.82) is 0 Å². The van der Waals surface area contributed by atoms with Gasteiger partial charge in [0.1, 0.15) is 17.4 Å². The molecule has 1 aromatic carbocycles. The van der Waals surface area contributed by atoms with E-state index in [2.05, 4.69) is 29.2 Å². The number of nitrogens with zero attached hydrogens (tertiary/aromatic N) is 2. The lowest BCUT2D eigenvalue weighted by molar-refractivity contribution is 0.414. The van der Waals surface area contributed by atoms with Gasteiger partial charge in [-0.25, -0.2) is 15.8 Å². The lowest BCUT2D eigenvalue weighted by Gasteiger charge is -2.15. The van der Waals surface area contributed by atoms with Crippen LogP contribution in [-0.4, -0.2) is 17.1 Å². The van der Waals surface area contributed by atoms with Crippen molar-refractivity contribution in [2.24, 2.45) is 5.84 Å². The SMILES string of the molecule is COc1cccc(Cc2nc(C)c(C(C)C)c(NN)n2)c1. The monoisotopic (exact) mass is 286 g/mol. The van der Waals surface area contributed by atoms with Crippen molar-refractivity contribution < 1.29 is 4.74 Å². The van der Waals surface area contributed by atoms with Gasteiger partial charge in [0.05, 0.1) is 7.11 Å². The minimum Gasteiger partial charge on any atom is -0.497 e. The number of hydrogen-bond acceptors (Lipinski definition) is 5. The Morgan fingerprint density at radius 3 is 2.67 bits per heavy atom. The summed E-state index contributed by atoms with van der Waals surface area (Å²) < 4.78 is 5.24. The van der Waals surface area contributed by atoms with Crippen LogP contribution in [-0.2, 0) is 6.42 Å². The van der Waals surface area contributed by atoms with Gasteiger partial charge in [0.2, 0.25) is 0 Å². The number of aryl methyl sites for hydroxylation is 1. The van der Waals surface area contributed by atoms with Gasteiger partial charge < -0.3 is 10.2 Å². The summed E-state index contributed by atoms with van der Waals surface area (Å²) in [6, 6.07) is 7.91. The van der Waals surface area contributed by atoms with Gasteiger partial charge in [-0.3, -0.25) is 0 Å². The molecule has 0 atom stereocenters. The maximum atomic E-state index is 5.60. The minimum atomic E-state index is 0.321. The molecule has 1 aromatic heterocycles. The van der Waals surface area contributed by atoms with Crippen LogP contribution in [0.1, 0.15) is 42.4 Å². The number of hydrazine groups is 1. The fourth-order valence-electron chi connectivity index (χ4n) is 2.48. The normalized spacial score (nSPS) is 10.8. The van der Waals surface area contributed by atoms with Crippen LogP contribution >= 0.6 is 0 Å². The largest absolute Gasteiger partial charge is 0.497 e. The molecule has 5 nitrogen and oxygen atoms in total. The van der Waals surface area contributed by atoms with Crippen molar-refractivity contribution in [3.8, 4) is 5.75 Å². The van der Waals surface area contributed by atoms with Gasteiger partial charge in [0.25, 0.3) is 0 Å². The maximum absolute atomic E-state index is 5.60. The van der Waals surface area contributed by atoms with E-state index in [1.807, 2.05) is 31.2 Å². The van der Waals surface area contributed by atoms with Gasteiger partial charge in [0.15, 0.2) is 0 Å². The fraction of sp³-hybridized carbons (Fsp3) is 0.375. The summed E-state index contributed by atoms with van der Waals surface area (Å²) in [7, 11) is 1.66. The lowest BCUT2D eigenvalue weighted by atomic mass is 10.0. The second-order valence-corrected chi connectivity index (χ2v) is 5.31. The number of ether oxygens (including phenoxy) is 1.